The number of nitrogens with zero attached hydrogens (tertiary/aromatic N) is 1. The molecule has 0 spiro atoms. The van der Waals surface area contributed by atoms with Crippen LogP contribution in [0.4, 0.5) is 13.2 Å². The molecule has 0 aromatic heterocycles. The highest BCUT2D eigenvalue weighted by molar-refractivity contribution is 5.26. The first kappa shape index (κ1) is 15.3. The topological polar surface area (TPSA) is 15.3 Å². The molecule has 20 heavy (non-hydrogen) atoms. The smallest absolute Gasteiger partial charge is 0.311 e. The molecule has 0 amide bonds. The minimum atomic E-state index is -4.27. The molecule has 1 saturated heterocycles. The van der Waals surface area contributed by atoms with Gasteiger partial charge in [0.05, 0.1) is 5.56 Å². The van der Waals surface area contributed by atoms with E-state index in [2.05, 4.69) is 31.0 Å². The molecule has 1 N–H and O–H groups in total. The molecule has 0 bridgehead atoms. The fourth-order valence-electron chi connectivity index (χ4n) is 2.73. The maximum Gasteiger partial charge on any atom is 0.416 e. The summed E-state index contributed by atoms with van der Waals surface area (Å²) in [5, 5.41) is 3.41. The number of benzene rings is 1. The SMILES string of the molecule is CC1CN(C(C)c2ccc(C(F)(F)F)cc2)C(C)CN1. The Morgan fingerprint density at radius 3 is 2.35 bits per heavy atom. The zero-order valence-electron chi connectivity index (χ0n) is 12.0. The highest BCUT2D eigenvalue weighted by Gasteiger charge is 2.31. The largest absolute Gasteiger partial charge is 0.416 e. The number of rotatable bonds is 2. The number of halogens is 3. The Bertz CT molecular complexity index is 441. The second kappa shape index (κ2) is 5.74. The summed E-state index contributed by atoms with van der Waals surface area (Å²) in [4.78, 5) is 2.34. The van der Waals surface area contributed by atoms with Gasteiger partial charge >= 0.3 is 6.18 Å². The normalized spacial score (nSPS) is 26.5. The Morgan fingerprint density at radius 2 is 1.80 bits per heavy atom. The Morgan fingerprint density at radius 1 is 1.20 bits per heavy atom. The van der Waals surface area contributed by atoms with Crippen molar-refractivity contribution < 1.29 is 13.2 Å². The van der Waals surface area contributed by atoms with Crippen molar-refractivity contribution in [2.75, 3.05) is 13.1 Å². The van der Waals surface area contributed by atoms with Crippen molar-refractivity contribution >= 4 is 0 Å². The van der Waals surface area contributed by atoms with Gasteiger partial charge in [0.1, 0.15) is 0 Å². The van der Waals surface area contributed by atoms with E-state index in [0.717, 1.165) is 18.7 Å². The van der Waals surface area contributed by atoms with Crippen LogP contribution in [0.25, 0.3) is 0 Å². The van der Waals surface area contributed by atoms with Crippen molar-refractivity contribution in [1.82, 2.24) is 10.2 Å². The maximum absolute atomic E-state index is 12.6. The van der Waals surface area contributed by atoms with E-state index in [1.807, 2.05) is 0 Å². The van der Waals surface area contributed by atoms with Gasteiger partial charge in [-0.2, -0.15) is 13.2 Å². The first-order valence-corrected chi connectivity index (χ1v) is 6.95. The summed E-state index contributed by atoms with van der Waals surface area (Å²) in [6.45, 7) is 8.13. The van der Waals surface area contributed by atoms with E-state index in [4.69, 9.17) is 0 Å². The van der Waals surface area contributed by atoms with Crippen LogP contribution in [0.3, 0.4) is 0 Å². The Kier molecular flexibility index (Phi) is 4.39. The van der Waals surface area contributed by atoms with E-state index in [-0.39, 0.29) is 6.04 Å². The van der Waals surface area contributed by atoms with Crippen molar-refractivity contribution in [1.29, 1.82) is 0 Å². The molecular weight excluding hydrogens is 265 g/mol. The van der Waals surface area contributed by atoms with Crippen LogP contribution >= 0.6 is 0 Å². The maximum atomic E-state index is 12.6. The summed E-state index contributed by atoms with van der Waals surface area (Å²) in [6, 6.07) is 6.42. The molecule has 2 nitrogen and oxygen atoms in total. The Labute approximate surface area is 118 Å². The van der Waals surface area contributed by atoms with Gasteiger partial charge in [0, 0.05) is 31.2 Å². The molecule has 1 aliphatic heterocycles. The number of alkyl halides is 3. The highest BCUT2D eigenvalue weighted by Crippen LogP contribution is 2.31. The molecule has 112 valence electrons. The van der Waals surface area contributed by atoms with Gasteiger partial charge < -0.3 is 5.32 Å². The average molecular weight is 286 g/mol. The lowest BCUT2D eigenvalue weighted by Crippen LogP contribution is -2.54. The molecular formula is C15H21F3N2. The van der Waals surface area contributed by atoms with Crippen LogP contribution < -0.4 is 5.32 Å². The van der Waals surface area contributed by atoms with Gasteiger partial charge in [-0.1, -0.05) is 12.1 Å². The molecule has 0 radical (unpaired) electrons. The summed E-state index contributed by atoms with van der Waals surface area (Å²) in [7, 11) is 0. The van der Waals surface area contributed by atoms with Crippen LogP contribution in [0, 0.1) is 0 Å². The molecule has 5 heteroatoms. The predicted molar refractivity (Wildman–Crippen MR) is 73.5 cm³/mol. The van der Waals surface area contributed by atoms with Crippen LogP contribution in [-0.2, 0) is 6.18 Å². The predicted octanol–water partition coefficient (Wildman–Crippen LogP) is 3.45. The van der Waals surface area contributed by atoms with Crippen molar-refractivity contribution in [2.45, 2.75) is 45.1 Å². The van der Waals surface area contributed by atoms with Gasteiger partial charge in [-0.15, -0.1) is 0 Å². The highest BCUT2D eigenvalue weighted by atomic mass is 19.4. The molecule has 1 heterocycles. The number of nitrogens with one attached hydrogen (secondary N) is 1. The minimum absolute atomic E-state index is 0.122. The quantitative estimate of drug-likeness (QED) is 0.896. The summed E-state index contributed by atoms with van der Waals surface area (Å²) >= 11 is 0. The lowest BCUT2D eigenvalue weighted by atomic mass is 10.0. The van der Waals surface area contributed by atoms with Gasteiger partial charge in [0.25, 0.3) is 0 Å². The van der Waals surface area contributed by atoms with Gasteiger partial charge in [-0.05, 0) is 38.5 Å². The van der Waals surface area contributed by atoms with E-state index in [0.29, 0.717) is 12.1 Å². The second-order valence-electron chi connectivity index (χ2n) is 5.65. The third-order valence-electron chi connectivity index (χ3n) is 4.03. The van der Waals surface area contributed by atoms with Crippen molar-refractivity contribution in [3.05, 3.63) is 35.4 Å². The summed E-state index contributed by atoms with van der Waals surface area (Å²) in [5.74, 6) is 0. The molecule has 1 aromatic rings. The molecule has 2 rings (SSSR count). The molecule has 0 saturated carbocycles. The van der Waals surface area contributed by atoms with Crippen LogP contribution in [-0.4, -0.2) is 30.1 Å². The fraction of sp³-hybridized carbons (Fsp3) is 0.600. The summed E-state index contributed by atoms with van der Waals surface area (Å²) in [6.07, 6.45) is -4.27. The van der Waals surface area contributed by atoms with E-state index in [1.54, 1.807) is 12.1 Å². The lowest BCUT2D eigenvalue weighted by Gasteiger charge is -2.41. The van der Waals surface area contributed by atoms with E-state index in [1.165, 1.54) is 12.1 Å². The van der Waals surface area contributed by atoms with Crippen molar-refractivity contribution in [3.8, 4) is 0 Å². The fourth-order valence-corrected chi connectivity index (χ4v) is 2.73. The van der Waals surface area contributed by atoms with Crippen LogP contribution in [0.15, 0.2) is 24.3 Å². The first-order valence-electron chi connectivity index (χ1n) is 6.95. The molecule has 3 atom stereocenters. The molecule has 3 unspecified atom stereocenters. The Hall–Kier alpha value is -1.07. The van der Waals surface area contributed by atoms with Gasteiger partial charge in [0.15, 0.2) is 0 Å². The van der Waals surface area contributed by atoms with E-state index in [9.17, 15) is 13.2 Å². The molecule has 1 fully saturated rings. The van der Waals surface area contributed by atoms with Crippen LogP contribution in [0.5, 0.6) is 0 Å². The first-order chi connectivity index (χ1) is 9.29. The third kappa shape index (κ3) is 3.33. The minimum Gasteiger partial charge on any atom is -0.311 e. The Balaban J connectivity index is 2.14. The number of piperazine rings is 1. The van der Waals surface area contributed by atoms with E-state index < -0.39 is 11.7 Å². The molecule has 1 aliphatic rings. The molecule has 0 aliphatic carbocycles. The summed E-state index contributed by atoms with van der Waals surface area (Å²) in [5.41, 5.74) is 0.342. The van der Waals surface area contributed by atoms with Gasteiger partial charge in [-0.25, -0.2) is 0 Å². The van der Waals surface area contributed by atoms with E-state index >= 15 is 0 Å². The number of hydrogen-bond acceptors (Lipinski definition) is 2. The zero-order valence-corrected chi connectivity index (χ0v) is 12.0. The summed E-state index contributed by atoms with van der Waals surface area (Å²) < 4.78 is 37.7. The second-order valence-corrected chi connectivity index (χ2v) is 5.65. The monoisotopic (exact) mass is 286 g/mol. The zero-order chi connectivity index (χ0) is 14.9. The number of hydrogen-bond donors (Lipinski definition) is 1. The lowest BCUT2D eigenvalue weighted by molar-refractivity contribution is -0.137. The van der Waals surface area contributed by atoms with Crippen molar-refractivity contribution in [2.24, 2.45) is 0 Å². The third-order valence-corrected chi connectivity index (χ3v) is 4.03. The van der Waals surface area contributed by atoms with Crippen molar-refractivity contribution in [3.63, 3.8) is 0 Å². The average Bonchev–Trinajstić information content (AvgIpc) is 2.40. The van der Waals surface area contributed by atoms with Crippen LogP contribution in [0.1, 0.15) is 37.9 Å². The van der Waals surface area contributed by atoms with Gasteiger partial charge in [0.2, 0.25) is 0 Å². The van der Waals surface area contributed by atoms with Gasteiger partial charge in [-0.3, -0.25) is 4.90 Å². The standard InChI is InChI=1S/C15H21F3N2/c1-10-9-20(11(2)8-19-10)12(3)13-4-6-14(7-5-13)15(16,17)18/h4-7,10-12,19H,8-9H2,1-3H3. The molecule has 1 aromatic carbocycles. The van der Waals surface area contributed by atoms with Crippen LogP contribution in [0.2, 0.25) is 0 Å².